The lowest BCUT2D eigenvalue weighted by atomic mass is 9.93. The first-order valence-corrected chi connectivity index (χ1v) is 4.59. The van der Waals surface area contributed by atoms with Crippen molar-refractivity contribution in [3.63, 3.8) is 0 Å². The maximum Gasteiger partial charge on any atom is 0.00389 e. The minimum Gasteiger partial charge on any atom is -0.314 e. The maximum absolute atomic E-state index is 4.02. The highest BCUT2D eigenvalue weighted by Crippen LogP contribution is 2.22. The van der Waals surface area contributed by atoms with E-state index in [1.54, 1.807) is 0 Å². The molecule has 1 unspecified atom stereocenters. The van der Waals surface area contributed by atoms with Gasteiger partial charge in [-0.25, -0.2) is 0 Å². The zero-order valence-electron chi connectivity index (χ0n) is 7.69. The Kier molecular flexibility index (Phi) is 3.13. The van der Waals surface area contributed by atoms with E-state index in [4.69, 9.17) is 0 Å². The molecule has 0 amide bonds. The van der Waals surface area contributed by atoms with Crippen molar-refractivity contribution in [2.45, 2.75) is 39.2 Å². The first-order chi connectivity index (χ1) is 5.20. The highest BCUT2D eigenvalue weighted by atomic mass is 14.9. The lowest BCUT2D eigenvalue weighted by Crippen LogP contribution is -2.24. The summed E-state index contributed by atoms with van der Waals surface area (Å²) in [6, 6.07) is 0.708. The van der Waals surface area contributed by atoms with E-state index < -0.39 is 0 Å². The van der Waals surface area contributed by atoms with E-state index in [9.17, 15) is 0 Å². The topological polar surface area (TPSA) is 12.0 Å². The van der Waals surface area contributed by atoms with Crippen molar-refractivity contribution in [1.29, 1.82) is 0 Å². The molecule has 11 heavy (non-hydrogen) atoms. The molecule has 0 aliphatic carbocycles. The SMILES string of the molecule is C=C(C)C1CCN[C@H](C)CC1. The molecular weight excluding hydrogens is 134 g/mol. The van der Waals surface area contributed by atoms with Crippen LogP contribution >= 0.6 is 0 Å². The van der Waals surface area contributed by atoms with E-state index in [0.717, 1.165) is 5.92 Å². The zero-order chi connectivity index (χ0) is 8.27. The van der Waals surface area contributed by atoms with E-state index in [-0.39, 0.29) is 0 Å². The van der Waals surface area contributed by atoms with Crippen LogP contribution in [0.1, 0.15) is 33.1 Å². The molecule has 0 aromatic heterocycles. The number of allylic oxidation sites excluding steroid dienone is 1. The Hall–Kier alpha value is -0.300. The quantitative estimate of drug-likeness (QED) is 0.570. The molecule has 1 rings (SSSR count). The molecule has 0 spiro atoms. The number of rotatable bonds is 1. The van der Waals surface area contributed by atoms with Crippen LogP contribution in [0.4, 0.5) is 0 Å². The predicted molar refractivity (Wildman–Crippen MR) is 49.6 cm³/mol. The third-order valence-corrected chi connectivity index (χ3v) is 2.63. The Morgan fingerprint density at radius 2 is 2.09 bits per heavy atom. The van der Waals surface area contributed by atoms with Crippen LogP contribution in [0, 0.1) is 5.92 Å². The summed E-state index contributed by atoms with van der Waals surface area (Å²) in [4.78, 5) is 0. The van der Waals surface area contributed by atoms with Crippen molar-refractivity contribution in [1.82, 2.24) is 5.32 Å². The minimum atomic E-state index is 0.708. The van der Waals surface area contributed by atoms with Crippen LogP contribution < -0.4 is 5.32 Å². The van der Waals surface area contributed by atoms with Gasteiger partial charge < -0.3 is 5.32 Å². The molecule has 1 nitrogen and oxygen atoms in total. The van der Waals surface area contributed by atoms with Gasteiger partial charge in [0.15, 0.2) is 0 Å². The van der Waals surface area contributed by atoms with Gasteiger partial charge in [0.1, 0.15) is 0 Å². The van der Waals surface area contributed by atoms with Gasteiger partial charge in [0.25, 0.3) is 0 Å². The summed E-state index contributed by atoms with van der Waals surface area (Å²) in [6.45, 7) is 9.60. The van der Waals surface area contributed by atoms with Crippen LogP contribution in [-0.2, 0) is 0 Å². The van der Waals surface area contributed by atoms with Gasteiger partial charge in [-0.05, 0) is 45.6 Å². The molecule has 0 radical (unpaired) electrons. The Morgan fingerprint density at radius 3 is 2.73 bits per heavy atom. The second-order valence-corrected chi connectivity index (χ2v) is 3.76. The van der Waals surface area contributed by atoms with Crippen LogP contribution in [-0.4, -0.2) is 12.6 Å². The van der Waals surface area contributed by atoms with Gasteiger partial charge in [0.05, 0.1) is 0 Å². The average molecular weight is 153 g/mol. The molecule has 2 atom stereocenters. The first kappa shape index (κ1) is 8.79. The van der Waals surface area contributed by atoms with Gasteiger partial charge in [-0.3, -0.25) is 0 Å². The highest BCUT2D eigenvalue weighted by Gasteiger charge is 2.15. The summed E-state index contributed by atoms with van der Waals surface area (Å²) in [5.41, 5.74) is 1.36. The average Bonchev–Trinajstić information content (AvgIpc) is 2.13. The van der Waals surface area contributed by atoms with Gasteiger partial charge in [0, 0.05) is 6.04 Å². The lowest BCUT2D eigenvalue weighted by molar-refractivity contribution is 0.528. The Bertz CT molecular complexity index is 140. The molecule has 1 N–H and O–H groups in total. The van der Waals surface area contributed by atoms with Crippen molar-refractivity contribution in [2.24, 2.45) is 5.92 Å². The molecule has 1 aliphatic rings. The first-order valence-electron chi connectivity index (χ1n) is 4.59. The maximum atomic E-state index is 4.02. The second-order valence-electron chi connectivity index (χ2n) is 3.76. The Morgan fingerprint density at radius 1 is 1.36 bits per heavy atom. The van der Waals surface area contributed by atoms with Crippen molar-refractivity contribution in [2.75, 3.05) is 6.54 Å². The summed E-state index contributed by atoms with van der Waals surface area (Å²) in [5.74, 6) is 0.771. The predicted octanol–water partition coefficient (Wildman–Crippen LogP) is 2.34. The van der Waals surface area contributed by atoms with E-state index in [1.807, 2.05) is 0 Å². The normalized spacial score (nSPS) is 32.9. The summed E-state index contributed by atoms with van der Waals surface area (Å²) >= 11 is 0. The minimum absolute atomic E-state index is 0.708. The number of nitrogens with one attached hydrogen (secondary N) is 1. The monoisotopic (exact) mass is 153 g/mol. The third-order valence-electron chi connectivity index (χ3n) is 2.63. The molecule has 0 bridgehead atoms. The zero-order valence-corrected chi connectivity index (χ0v) is 7.69. The fourth-order valence-electron chi connectivity index (χ4n) is 1.69. The molecule has 1 aliphatic heterocycles. The van der Waals surface area contributed by atoms with Crippen molar-refractivity contribution in [3.05, 3.63) is 12.2 Å². The molecule has 0 aromatic rings. The van der Waals surface area contributed by atoms with E-state index in [0.29, 0.717) is 6.04 Å². The third kappa shape index (κ3) is 2.66. The number of hydrogen-bond donors (Lipinski definition) is 1. The van der Waals surface area contributed by atoms with Crippen LogP contribution in [0.25, 0.3) is 0 Å². The van der Waals surface area contributed by atoms with Gasteiger partial charge in [-0.2, -0.15) is 0 Å². The fourth-order valence-corrected chi connectivity index (χ4v) is 1.69. The fraction of sp³-hybridized carbons (Fsp3) is 0.800. The van der Waals surface area contributed by atoms with Crippen LogP contribution in [0.5, 0.6) is 0 Å². The number of hydrogen-bond acceptors (Lipinski definition) is 1. The summed E-state index contributed by atoms with van der Waals surface area (Å²) in [6.07, 6.45) is 3.90. The molecule has 0 saturated carbocycles. The van der Waals surface area contributed by atoms with Crippen LogP contribution in [0.15, 0.2) is 12.2 Å². The Labute approximate surface area is 69.9 Å². The lowest BCUT2D eigenvalue weighted by Gasteiger charge is -2.12. The second kappa shape index (κ2) is 3.91. The van der Waals surface area contributed by atoms with Gasteiger partial charge >= 0.3 is 0 Å². The van der Waals surface area contributed by atoms with Gasteiger partial charge in [0.2, 0.25) is 0 Å². The van der Waals surface area contributed by atoms with E-state index in [1.165, 1.54) is 31.4 Å². The smallest absolute Gasteiger partial charge is 0.00389 e. The standard InChI is InChI=1S/C10H19N/c1-8(2)10-5-4-9(3)11-7-6-10/h9-11H,1,4-7H2,2-3H3/t9-,10?/m1/s1. The summed E-state index contributed by atoms with van der Waals surface area (Å²) in [5, 5.41) is 3.49. The van der Waals surface area contributed by atoms with Crippen molar-refractivity contribution < 1.29 is 0 Å². The summed E-state index contributed by atoms with van der Waals surface area (Å²) < 4.78 is 0. The van der Waals surface area contributed by atoms with E-state index in [2.05, 4.69) is 25.7 Å². The largest absolute Gasteiger partial charge is 0.314 e. The Balaban J connectivity index is 2.40. The van der Waals surface area contributed by atoms with Crippen molar-refractivity contribution >= 4 is 0 Å². The van der Waals surface area contributed by atoms with Crippen LogP contribution in [0.3, 0.4) is 0 Å². The van der Waals surface area contributed by atoms with Crippen molar-refractivity contribution in [3.8, 4) is 0 Å². The molecule has 1 fully saturated rings. The molecule has 1 saturated heterocycles. The van der Waals surface area contributed by atoms with Gasteiger partial charge in [-0.15, -0.1) is 0 Å². The molecular formula is C10H19N. The molecule has 1 heteroatoms. The van der Waals surface area contributed by atoms with Gasteiger partial charge in [-0.1, -0.05) is 12.2 Å². The highest BCUT2D eigenvalue weighted by molar-refractivity contribution is 4.97. The van der Waals surface area contributed by atoms with Crippen LogP contribution in [0.2, 0.25) is 0 Å². The summed E-state index contributed by atoms with van der Waals surface area (Å²) in [7, 11) is 0. The van der Waals surface area contributed by atoms with E-state index >= 15 is 0 Å². The molecule has 64 valence electrons. The molecule has 0 aromatic carbocycles. The molecule has 1 heterocycles.